The highest BCUT2D eigenvalue weighted by molar-refractivity contribution is 5.93. The molecule has 1 aromatic heterocycles. The fourth-order valence-electron chi connectivity index (χ4n) is 2.67. The molecule has 1 N–H and O–H groups in total. The highest BCUT2D eigenvalue weighted by Gasteiger charge is 2.16. The molecule has 0 atom stereocenters. The molecule has 0 spiro atoms. The van der Waals surface area contributed by atoms with Crippen LogP contribution in [-0.4, -0.2) is 36.5 Å². The number of unbranched alkanes of at least 4 members (excludes halogenated alkanes) is 3. The van der Waals surface area contributed by atoms with Crippen LogP contribution in [0.4, 0.5) is 0 Å². The van der Waals surface area contributed by atoms with Gasteiger partial charge in [0.25, 0.3) is 5.91 Å². The van der Waals surface area contributed by atoms with Gasteiger partial charge in [-0.15, -0.1) is 0 Å². The third kappa shape index (κ3) is 4.75. The number of aromatic nitrogens is 2. The van der Waals surface area contributed by atoms with Crippen LogP contribution < -0.4 is 14.8 Å². The summed E-state index contributed by atoms with van der Waals surface area (Å²) < 4.78 is 12.2. The zero-order chi connectivity index (χ0) is 18.2. The van der Waals surface area contributed by atoms with Crippen LogP contribution in [0.15, 0.2) is 24.3 Å². The summed E-state index contributed by atoms with van der Waals surface area (Å²) >= 11 is 0. The van der Waals surface area contributed by atoms with Crippen molar-refractivity contribution in [2.75, 3.05) is 20.8 Å². The number of hydrogen-bond acceptors (Lipinski definition) is 4. The van der Waals surface area contributed by atoms with Gasteiger partial charge >= 0.3 is 0 Å². The van der Waals surface area contributed by atoms with Crippen molar-refractivity contribution in [3.63, 3.8) is 0 Å². The van der Waals surface area contributed by atoms with Crippen LogP contribution in [0.25, 0.3) is 11.3 Å². The smallest absolute Gasteiger partial charge is 0.269 e. The summed E-state index contributed by atoms with van der Waals surface area (Å²) in [6.07, 6.45) is 4.51. The highest BCUT2D eigenvalue weighted by atomic mass is 16.5. The lowest BCUT2D eigenvalue weighted by atomic mass is 10.1. The monoisotopic (exact) mass is 345 g/mol. The van der Waals surface area contributed by atoms with Crippen LogP contribution >= 0.6 is 0 Å². The van der Waals surface area contributed by atoms with Gasteiger partial charge in [-0.05, 0) is 24.6 Å². The Morgan fingerprint density at radius 1 is 1.16 bits per heavy atom. The molecule has 136 valence electrons. The molecule has 0 radical (unpaired) electrons. The molecule has 2 aromatic rings. The van der Waals surface area contributed by atoms with E-state index in [-0.39, 0.29) is 5.91 Å². The third-order valence-electron chi connectivity index (χ3n) is 4.11. The summed E-state index contributed by atoms with van der Waals surface area (Å²) in [5, 5.41) is 7.42. The molecule has 1 aromatic carbocycles. The van der Waals surface area contributed by atoms with Crippen molar-refractivity contribution in [1.29, 1.82) is 0 Å². The molecule has 0 aliphatic rings. The zero-order valence-electron chi connectivity index (χ0n) is 15.5. The maximum absolute atomic E-state index is 12.4. The molecule has 25 heavy (non-hydrogen) atoms. The Kier molecular flexibility index (Phi) is 6.86. The van der Waals surface area contributed by atoms with Gasteiger partial charge in [0.1, 0.15) is 17.2 Å². The summed E-state index contributed by atoms with van der Waals surface area (Å²) in [7, 11) is 4.98. The Morgan fingerprint density at radius 2 is 1.96 bits per heavy atom. The Morgan fingerprint density at radius 3 is 2.64 bits per heavy atom. The minimum absolute atomic E-state index is 0.106. The first kappa shape index (κ1) is 18.8. The largest absolute Gasteiger partial charge is 0.497 e. The molecule has 0 aliphatic heterocycles. The standard InChI is InChI=1S/C19H27N3O3/c1-5-6-7-8-11-20-19(23)17-13-16(21-22(17)2)15-10-9-14(24-3)12-18(15)25-4/h9-10,12-13H,5-8,11H2,1-4H3,(H,20,23). The fourth-order valence-corrected chi connectivity index (χ4v) is 2.67. The lowest BCUT2D eigenvalue weighted by Gasteiger charge is -2.08. The lowest BCUT2D eigenvalue weighted by molar-refractivity contribution is 0.0943. The fraction of sp³-hybridized carbons (Fsp3) is 0.474. The van der Waals surface area contributed by atoms with Crippen LogP contribution in [0, 0.1) is 0 Å². The average molecular weight is 345 g/mol. The molecule has 6 nitrogen and oxygen atoms in total. The molecule has 1 amide bonds. The third-order valence-corrected chi connectivity index (χ3v) is 4.11. The van der Waals surface area contributed by atoms with E-state index in [0.717, 1.165) is 18.4 Å². The lowest BCUT2D eigenvalue weighted by Crippen LogP contribution is -2.26. The molecular formula is C19H27N3O3. The number of benzene rings is 1. The van der Waals surface area contributed by atoms with E-state index >= 15 is 0 Å². The number of carbonyl (C=O) groups excluding carboxylic acids is 1. The second-order valence-corrected chi connectivity index (χ2v) is 5.92. The van der Waals surface area contributed by atoms with Gasteiger partial charge in [-0.2, -0.15) is 5.10 Å². The maximum atomic E-state index is 12.4. The van der Waals surface area contributed by atoms with E-state index in [9.17, 15) is 4.79 Å². The van der Waals surface area contributed by atoms with Crippen molar-refractivity contribution in [2.24, 2.45) is 7.05 Å². The van der Waals surface area contributed by atoms with Crippen LogP contribution in [-0.2, 0) is 7.05 Å². The van der Waals surface area contributed by atoms with E-state index in [1.54, 1.807) is 38.1 Å². The van der Waals surface area contributed by atoms with E-state index < -0.39 is 0 Å². The normalized spacial score (nSPS) is 10.6. The Labute approximate surface area is 149 Å². The first-order valence-electron chi connectivity index (χ1n) is 8.65. The van der Waals surface area contributed by atoms with Crippen molar-refractivity contribution < 1.29 is 14.3 Å². The van der Waals surface area contributed by atoms with Crippen LogP contribution in [0.1, 0.15) is 43.1 Å². The summed E-state index contributed by atoms with van der Waals surface area (Å²) in [5.74, 6) is 1.26. The Hall–Kier alpha value is -2.50. The summed E-state index contributed by atoms with van der Waals surface area (Å²) in [5.41, 5.74) is 2.04. The van der Waals surface area contributed by atoms with Gasteiger partial charge < -0.3 is 14.8 Å². The Balaban J connectivity index is 2.13. The average Bonchev–Trinajstić information content (AvgIpc) is 3.02. The number of rotatable bonds is 9. The Bertz CT molecular complexity index is 710. The van der Waals surface area contributed by atoms with E-state index in [4.69, 9.17) is 9.47 Å². The molecule has 0 saturated carbocycles. The number of aryl methyl sites for hydroxylation is 1. The quantitative estimate of drug-likeness (QED) is 0.707. The molecule has 0 unspecified atom stereocenters. The molecule has 1 heterocycles. The number of ether oxygens (including phenoxy) is 2. The van der Waals surface area contributed by atoms with E-state index in [1.807, 2.05) is 12.1 Å². The summed E-state index contributed by atoms with van der Waals surface area (Å²) in [6.45, 7) is 2.86. The van der Waals surface area contributed by atoms with Gasteiger partial charge in [-0.25, -0.2) is 0 Å². The van der Waals surface area contributed by atoms with Gasteiger partial charge in [0.15, 0.2) is 0 Å². The molecule has 2 rings (SSSR count). The van der Waals surface area contributed by atoms with Crippen molar-refractivity contribution in [3.8, 4) is 22.8 Å². The van der Waals surface area contributed by atoms with Gasteiger partial charge in [0.2, 0.25) is 0 Å². The molecule has 6 heteroatoms. The van der Waals surface area contributed by atoms with Crippen molar-refractivity contribution >= 4 is 5.91 Å². The van der Waals surface area contributed by atoms with Gasteiger partial charge in [-0.3, -0.25) is 9.48 Å². The van der Waals surface area contributed by atoms with Crippen LogP contribution in [0.2, 0.25) is 0 Å². The zero-order valence-corrected chi connectivity index (χ0v) is 15.5. The molecule has 0 saturated heterocycles. The van der Waals surface area contributed by atoms with Gasteiger partial charge in [-0.1, -0.05) is 26.2 Å². The number of amides is 1. The first-order chi connectivity index (χ1) is 12.1. The topological polar surface area (TPSA) is 65.4 Å². The van der Waals surface area contributed by atoms with Crippen molar-refractivity contribution in [3.05, 3.63) is 30.0 Å². The first-order valence-corrected chi connectivity index (χ1v) is 8.65. The van der Waals surface area contributed by atoms with Gasteiger partial charge in [0, 0.05) is 25.2 Å². The van der Waals surface area contributed by atoms with Crippen molar-refractivity contribution in [2.45, 2.75) is 32.6 Å². The minimum Gasteiger partial charge on any atom is -0.497 e. The summed E-state index contributed by atoms with van der Waals surface area (Å²) in [4.78, 5) is 12.4. The second kappa shape index (κ2) is 9.11. The number of carbonyl (C=O) groups is 1. The predicted octanol–water partition coefficient (Wildman–Crippen LogP) is 3.41. The number of nitrogens with zero attached hydrogens (tertiary/aromatic N) is 2. The molecule has 0 fully saturated rings. The maximum Gasteiger partial charge on any atom is 0.269 e. The predicted molar refractivity (Wildman–Crippen MR) is 98.2 cm³/mol. The van der Waals surface area contributed by atoms with E-state index in [1.165, 1.54) is 12.8 Å². The van der Waals surface area contributed by atoms with Crippen LogP contribution in [0.3, 0.4) is 0 Å². The van der Waals surface area contributed by atoms with Crippen LogP contribution in [0.5, 0.6) is 11.5 Å². The second-order valence-electron chi connectivity index (χ2n) is 5.92. The number of hydrogen-bond donors (Lipinski definition) is 1. The molecular weight excluding hydrogens is 318 g/mol. The van der Waals surface area contributed by atoms with E-state index in [2.05, 4.69) is 17.3 Å². The van der Waals surface area contributed by atoms with Crippen molar-refractivity contribution in [1.82, 2.24) is 15.1 Å². The minimum atomic E-state index is -0.106. The SMILES string of the molecule is CCCCCCNC(=O)c1cc(-c2ccc(OC)cc2OC)nn1C. The summed E-state index contributed by atoms with van der Waals surface area (Å²) in [6, 6.07) is 7.32. The molecule has 0 aliphatic carbocycles. The number of nitrogens with one attached hydrogen (secondary N) is 1. The van der Waals surface area contributed by atoms with Gasteiger partial charge in [0.05, 0.1) is 19.9 Å². The molecule has 0 bridgehead atoms. The van der Waals surface area contributed by atoms with E-state index in [0.29, 0.717) is 29.4 Å². The number of methoxy groups -OCH3 is 2. The highest BCUT2D eigenvalue weighted by Crippen LogP contribution is 2.32.